The van der Waals surface area contributed by atoms with Crippen LogP contribution in [0.25, 0.3) is 0 Å². The van der Waals surface area contributed by atoms with E-state index in [2.05, 4.69) is 0 Å². The Hall–Kier alpha value is -2.54. The Bertz CT molecular complexity index is 877. The number of carboxylic acid groups (broad SMARTS) is 1. The molecule has 0 radical (unpaired) electrons. The predicted molar refractivity (Wildman–Crippen MR) is 101 cm³/mol. The zero-order valence-corrected chi connectivity index (χ0v) is 16.3. The topological polar surface area (TPSA) is 55.8 Å². The van der Waals surface area contributed by atoms with E-state index in [1.165, 1.54) is 6.07 Å². The van der Waals surface area contributed by atoms with Crippen molar-refractivity contribution >= 4 is 5.97 Å². The monoisotopic (exact) mass is 408 g/mol. The quantitative estimate of drug-likeness (QED) is 0.658. The molecule has 156 valence electrons. The zero-order valence-electron chi connectivity index (χ0n) is 16.3. The van der Waals surface area contributed by atoms with Gasteiger partial charge in [0, 0.05) is 6.61 Å². The van der Waals surface area contributed by atoms with Crippen molar-refractivity contribution in [2.24, 2.45) is 0 Å². The molecular weight excluding hydrogens is 385 g/mol. The lowest BCUT2D eigenvalue weighted by molar-refractivity contribution is -0.145. The molecule has 0 heterocycles. The summed E-state index contributed by atoms with van der Waals surface area (Å²) >= 11 is 0. The molecule has 0 saturated carbocycles. The normalized spacial score (nSPS) is 18.2. The van der Waals surface area contributed by atoms with E-state index in [4.69, 9.17) is 14.6 Å². The molecule has 0 fully saturated rings. The Morgan fingerprint density at radius 3 is 2.45 bits per heavy atom. The molecule has 0 aromatic heterocycles. The number of ether oxygens (including phenoxy) is 2. The first kappa shape index (κ1) is 21.2. The fraction of sp³-hybridized carbons (Fsp3) is 0.409. The first-order chi connectivity index (χ1) is 13.6. The minimum atomic E-state index is -4.38. The van der Waals surface area contributed by atoms with Crippen LogP contribution in [0.15, 0.2) is 42.5 Å². The van der Waals surface area contributed by atoms with Crippen molar-refractivity contribution < 1.29 is 32.5 Å². The van der Waals surface area contributed by atoms with Crippen LogP contribution in [0.5, 0.6) is 5.75 Å². The maximum absolute atomic E-state index is 13.2. The fourth-order valence-corrected chi connectivity index (χ4v) is 3.90. The van der Waals surface area contributed by atoms with Gasteiger partial charge in [-0.25, -0.2) is 0 Å². The van der Waals surface area contributed by atoms with E-state index >= 15 is 0 Å². The van der Waals surface area contributed by atoms with Crippen LogP contribution in [0, 0.1) is 0 Å². The average Bonchev–Trinajstić information content (AvgIpc) is 3.04. The van der Waals surface area contributed by atoms with E-state index in [-0.39, 0.29) is 6.42 Å². The van der Waals surface area contributed by atoms with Gasteiger partial charge < -0.3 is 14.6 Å². The lowest BCUT2D eigenvalue weighted by Gasteiger charge is -2.28. The summed E-state index contributed by atoms with van der Waals surface area (Å²) in [6, 6.07) is 11.0. The number of alkyl halides is 3. The first-order valence-electron chi connectivity index (χ1n) is 9.46. The van der Waals surface area contributed by atoms with Crippen LogP contribution < -0.4 is 4.74 Å². The number of hydrogen-bond acceptors (Lipinski definition) is 3. The highest BCUT2D eigenvalue weighted by Crippen LogP contribution is 2.42. The molecule has 3 rings (SSSR count). The van der Waals surface area contributed by atoms with Gasteiger partial charge in [-0.05, 0) is 61.6 Å². The molecule has 2 atom stereocenters. The second kappa shape index (κ2) is 8.06. The number of halogens is 3. The molecular formula is C22H23F3O4. The molecule has 0 saturated heterocycles. The molecule has 1 aliphatic rings. The molecule has 0 amide bonds. The average molecular weight is 408 g/mol. The largest absolute Gasteiger partial charge is 0.486 e. The van der Waals surface area contributed by atoms with Gasteiger partial charge in [-0.3, -0.25) is 4.79 Å². The summed E-state index contributed by atoms with van der Waals surface area (Å²) in [5.41, 5.74) is -0.0143. The number of aliphatic carboxylic acids is 1. The third-order valence-corrected chi connectivity index (χ3v) is 5.22. The smallest absolute Gasteiger partial charge is 0.416 e. The number of fused-ring (bicyclic) bond motifs is 1. The third kappa shape index (κ3) is 4.56. The van der Waals surface area contributed by atoms with Crippen molar-refractivity contribution in [3.8, 4) is 5.75 Å². The van der Waals surface area contributed by atoms with Gasteiger partial charge in [0.25, 0.3) is 0 Å². The number of rotatable bonds is 7. The Morgan fingerprint density at radius 2 is 1.86 bits per heavy atom. The molecule has 29 heavy (non-hydrogen) atoms. The number of hydrogen-bond donors (Lipinski definition) is 1. The molecule has 1 unspecified atom stereocenters. The van der Waals surface area contributed by atoms with Gasteiger partial charge in [-0.15, -0.1) is 0 Å². The van der Waals surface area contributed by atoms with Crippen LogP contribution >= 0.6 is 0 Å². The molecule has 0 bridgehead atoms. The van der Waals surface area contributed by atoms with E-state index in [1.807, 2.05) is 0 Å². The van der Waals surface area contributed by atoms with Gasteiger partial charge in [-0.1, -0.05) is 24.3 Å². The van der Waals surface area contributed by atoms with Crippen molar-refractivity contribution in [2.45, 2.75) is 51.0 Å². The number of carboxylic acids is 1. The molecule has 0 spiro atoms. The highest BCUT2D eigenvalue weighted by Gasteiger charge is 2.37. The predicted octanol–water partition coefficient (Wildman–Crippen LogP) is 5.50. The SMILES string of the molecule is CCO[C@@](C)(CC(=O)O)c1ccc(OC2CCc3c2cccc3C(F)(F)F)cc1. The summed E-state index contributed by atoms with van der Waals surface area (Å²) < 4.78 is 51.3. The zero-order chi connectivity index (χ0) is 21.2. The highest BCUT2D eigenvalue weighted by atomic mass is 19.4. The fourth-order valence-electron chi connectivity index (χ4n) is 3.90. The van der Waals surface area contributed by atoms with Crippen molar-refractivity contribution in [3.05, 3.63) is 64.7 Å². The molecule has 0 aliphatic heterocycles. The van der Waals surface area contributed by atoms with E-state index in [0.717, 1.165) is 6.07 Å². The van der Waals surface area contributed by atoms with E-state index < -0.39 is 29.4 Å². The van der Waals surface area contributed by atoms with Gasteiger partial charge >= 0.3 is 12.1 Å². The summed E-state index contributed by atoms with van der Waals surface area (Å²) in [5, 5.41) is 9.17. The lowest BCUT2D eigenvalue weighted by Crippen LogP contribution is -2.29. The Balaban J connectivity index is 1.79. The third-order valence-electron chi connectivity index (χ3n) is 5.22. The van der Waals surface area contributed by atoms with E-state index in [0.29, 0.717) is 41.9 Å². The van der Waals surface area contributed by atoms with Gasteiger partial charge in [0.05, 0.1) is 12.0 Å². The highest BCUT2D eigenvalue weighted by molar-refractivity contribution is 5.68. The van der Waals surface area contributed by atoms with E-state index in [9.17, 15) is 18.0 Å². The lowest BCUT2D eigenvalue weighted by atomic mass is 9.92. The van der Waals surface area contributed by atoms with Crippen molar-refractivity contribution in [1.29, 1.82) is 0 Å². The Morgan fingerprint density at radius 1 is 1.17 bits per heavy atom. The van der Waals surface area contributed by atoms with Gasteiger partial charge in [0.2, 0.25) is 0 Å². The summed E-state index contributed by atoms with van der Waals surface area (Å²) in [6.07, 6.45) is -4.22. The standard InChI is InChI=1S/C22H23F3O4/c1-3-28-21(2,13-20(26)27)14-7-9-15(10-8-14)29-19-12-11-16-17(19)5-4-6-18(16)22(23,24)25/h4-10,19H,3,11-13H2,1-2H3,(H,26,27)/t19?,21-/m0/s1. The number of benzene rings is 2. The molecule has 7 heteroatoms. The first-order valence-corrected chi connectivity index (χ1v) is 9.46. The van der Waals surface area contributed by atoms with Crippen LogP contribution in [-0.2, 0) is 27.7 Å². The van der Waals surface area contributed by atoms with E-state index in [1.54, 1.807) is 44.2 Å². The minimum Gasteiger partial charge on any atom is -0.486 e. The summed E-state index contributed by atoms with van der Waals surface area (Å²) in [5.74, 6) is -0.456. The molecule has 2 aromatic carbocycles. The number of carbonyl (C=O) groups is 1. The van der Waals surface area contributed by atoms with Gasteiger partial charge in [-0.2, -0.15) is 13.2 Å². The maximum atomic E-state index is 13.2. The second-order valence-corrected chi connectivity index (χ2v) is 7.28. The maximum Gasteiger partial charge on any atom is 0.416 e. The molecule has 2 aromatic rings. The van der Waals surface area contributed by atoms with Crippen LogP contribution in [0.4, 0.5) is 13.2 Å². The van der Waals surface area contributed by atoms with Crippen LogP contribution in [0.1, 0.15) is 55.0 Å². The summed E-state index contributed by atoms with van der Waals surface area (Å²) in [4.78, 5) is 11.2. The second-order valence-electron chi connectivity index (χ2n) is 7.28. The Kier molecular flexibility index (Phi) is 5.89. The van der Waals surface area contributed by atoms with Crippen molar-refractivity contribution in [3.63, 3.8) is 0 Å². The molecule has 4 nitrogen and oxygen atoms in total. The van der Waals surface area contributed by atoms with Gasteiger partial charge in [0.15, 0.2) is 0 Å². The van der Waals surface area contributed by atoms with Crippen molar-refractivity contribution in [2.75, 3.05) is 6.61 Å². The Labute approximate surface area is 167 Å². The van der Waals surface area contributed by atoms with Crippen LogP contribution in [0.2, 0.25) is 0 Å². The molecule has 1 N–H and O–H groups in total. The van der Waals surface area contributed by atoms with Crippen LogP contribution in [-0.4, -0.2) is 17.7 Å². The molecule has 1 aliphatic carbocycles. The summed E-state index contributed by atoms with van der Waals surface area (Å²) in [7, 11) is 0. The minimum absolute atomic E-state index is 0.183. The van der Waals surface area contributed by atoms with Crippen molar-refractivity contribution in [1.82, 2.24) is 0 Å². The van der Waals surface area contributed by atoms with Gasteiger partial charge in [0.1, 0.15) is 17.5 Å². The summed E-state index contributed by atoms with van der Waals surface area (Å²) in [6.45, 7) is 3.87. The van der Waals surface area contributed by atoms with Crippen LogP contribution in [0.3, 0.4) is 0 Å².